The maximum absolute atomic E-state index is 13.4. The molecular formula is C12H9F2O. The SMILES string of the molecule is OC1=C(c2ccc(F)cc2F)C=CC[CH]1. The van der Waals surface area contributed by atoms with Crippen LogP contribution in [0.25, 0.3) is 5.57 Å². The summed E-state index contributed by atoms with van der Waals surface area (Å²) in [7, 11) is 0. The zero-order valence-corrected chi connectivity index (χ0v) is 7.87. The Bertz CT molecular complexity index is 447. The van der Waals surface area contributed by atoms with Gasteiger partial charge >= 0.3 is 0 Å². The highest BCUT2D eigenvalue weighted by Gasteiger charge is 2.13. The van der Waals surface area contributed by atoms with Crippen molar-refractivity contribution in [3.8, 4) is 0 Å². The first-order chi connectivity index (χ1) is 7.18. The highest BCUT2D eigenvalue weighted by molar-refractivity contribution is 5.78. The van der Waals surface area contributed by atoms with Crippen LogP contribution in [0.5, 0.6) is 0 Å². The molecule has 2 rings (SSSR count). The Morgan fingerprint density at radius 1 is 1.20 bits per heavy atom. The van der Waals surface area contributed by atoms with Gasteiger partial charge in [-0.1, -0.05) is 12.2 Å². The quantitative estimate of drug-likeness (QED) is 0.748. The van der Waals surface area contributed by atoms with Crippen molar-refractivity contribution < 1.29 is 13.9 Å². The number of hydrogen-bond donors (Lipinski definition) is 1. The third-order valence-corrected chi connectivity index (χ3v) is 2.23. The predicted octanol–water partition coefficient (Wildman–Crippen LogP) is 3.40. The van der Waals surface area contributed by atoms with Crippen molar-refractivity contribution in [1.29, 1.82) is 0 Å². The van der Waals surface area contributed by atoms with E-state index in [1.54, 1.807) is 18.6 Å². The summed E-state index contributed by atoms with van der Waals surface area (Å²) in [5.74, 6) is -1.26. The van der Waals surface area contributed by atoms with E-state index in [0.29, 0.717) is 12.0 Å². The number of benzene rings is 1. The fraction of sp³-hybridized carbons (Fsp3) is 0.0833. The molecule has 1 aliphatic rings. The molecule has 3 heteroatoms. The Balaban J connectivity index is 2.50. The van der Waals surface area contributed by atoms with E-state index in [-0.39, 0.29) is 11.3 Å². The maximum atomic E-state index is 13.4. The van der Waals surface area contributed by atoms with E-state index in [4.69, 9.17) is 0 Å². The molecule has 77 valence electrons. The Labute approximate surface area is 86.4 Å². The van der Waals surface area contributed by atoms with Gasteiger partial charge in [-0.05, 0) is 18.6 Å². The fourth-order valence-corrected chi connectivity index (χ4v) is 1.50. The van der Waals surface area contributed by atoms with E-state index in [1.807, 2.05) is 0 Å². The molecule has 1 N–H and O–H groups in total. The molecule has 1 nitrogen and oxygen atoms in total. The van der Waals surface area contributed by atoms with Gasteiger partial charge in [-0.25, -0.2) is 8.78 Å². The molecule has 0 fully saturated rings. The molecule has 0 saturated carbocycles. The molecule has 1 aromatic carbocycles. The minimum atomic E-state index is -0.670. The molecule has 0 atom stereocenters. The zero-order valence-electron chi connectivity index (χ0n) is 7.87. The van der Waals surface area contributed by atoms with E-state index in [2.05, 4.69) is 0 Å². The van der Waals surface area contributed by atoms with Crippen LogP contribution in [0.1, 0.15) is 12.0 Å². The molecule has 0 amide bonds. The lowest BCUT2D eigenvalue weighted by molar-refractivity contribution is 0.420. The Kier molecular flexibility index (Phi) is 2.54. The van der Waals surface area contributed by atoms with Crippen LogP contribution in [-0.2, 0) is 0 Å². The molecule has 0 heterocycles. The monoisotopic (exact) mass is 207 g/mol. The van der Waals surface area contributed by atoms with Crippen LogP contribution in [0.15, 0.2) is 36.1 Å². The summed E-state index contributed by atoms with van der Waals surface area (Å²) in [4.78, 5) is 0. The Hall–Kier alpha value is -1.64. The summed E-state index contributed by atoms with van der Waals surface area (Å²) in [5, 5.41) is 9.53. The van der Waals surface area contributed by atoms with Crippen LogP contribution < -0.4 is 0 Å². The van der Waals surface area contributed by atoms with Gasteiger partial charge in [-0.2, -0.15) is 0 Å². The van der Waals surface area contributed by atoms with Crippen molar-refractivity contribution >= 4 is 5.57 Å². The van der Waals surface area contributed by atoms with Crippen LogP contribution in [0.3, 0.4) is 0 Å². The molecule has 0 aromatic heterocycles. The first-order valence-corrected chi connectivity index (χ1v) is 4.57. The summed E-state index contributed by atoms with van der Waals surface area (Å²) in [6, 6.07) is 3.29. The number of hydrogen-bond acceptors (Lipinski definition) is 1. The summed E-state index contributed by atoms with van der Waals surface area (Å²) in [5.41, 5.74) is 0.597. The number of aliphatic hydroxyl groups is 1. The van der Waals surface area contributed by atoms with Gasteiger partial charge in [0.15, 0.2) is 0 Å². The van der Waals surface area contributed by atoms with Gasteiger partial charge < -0.3 is 5.11 Å². The predicted molar refractivity (Wildman–Crippen MR) is 54.0 cm³/mol. The molecule has 0 spiro atoms. The van der Waals surface area contributed by atoms with Crippen molar-refractivity contribution in [2.45, 2.75) is 6.42 Å². The summed E-state index contributed by atoms with van der Waals surface area (Å²) in [6.07, 6.45) is 5.64. The minimum Gasteiger partial charge on any atom is -0.511 e. The lowest BCUT2D eigenvalue weighted by atomic mass is 9.97. The van der Waals surface area contributed by atoms with Crippen molar-refractivity contribution in [3.63, 3.8) is 0 Å². The van der Waals surface area contributed by atoms with Gasteiger partial charge in [0.25, 0.3) is 0 Å². The third-order valence-electron chi connectivity index (χ3n) is 2.23. The molecule has 0 bridgehead atoms. The Morgan fingerprint density at radius 2 is 2.00 bits per heavy atom. The number of aliphatic hydroxyl groups excluding tert-OH is 1. The lowest BCUT2D eigenvalue weighted by Gasteiger charge is -2.11. The maximum Gasteiger partial charge on any atom is 0.134 e. The largest absolute Gasteiger partial charge is 0.511 e. The second-order valence-corrected chi connectivity index (χ2v) is 3.27. The normalized spacial score (nSPS) is 15.9. The lowest BCUT2D eigenvalue weighted by Crippen LogP contribution is -1.97. The Morgan fingerprint density at radius 3 is 2.67 bits per heavy atom. The first-order valence-electron chi connectivity index (χ1n) is 4.57. The van der Waals surface area contributed by atoms with E-state index in [9.17, 15) is 13.9 Å². The average Bonchev–Trinajstić information content (AvgIpc) is 2.20. The van der Waals surface area contributed by atoms with E-state index in [0.717, 1.165) is 6.07 Å². The van der Waals surface area contributed by atoms with Crippen LogP contribution in [-0.4, -0.2) is 5.11 Å². The van der Waals surface area contributed by atoms with Crippen molar-refractivity contribution in [2.24, 2.45) is 0 Å². The highest BCUT2D eigenvalue weighted by atomic mass is 19.1. The average molecular weight is 207 g/mol. The van der Waals surface area contributed by atoms with Gasteiger partial charge in [0.05, 0.1) is 0 Å². The fourth-order valence-electron chi connectivity index (χ4n) is 1.50. The van der Waals surface area contributed by atoms with Gasteiger partial charge in [-0.3, -0.25) is 0 Å². The van der Waals surface area contributed by atoms with E-state index < -0.39 is 11.6 Å². The number of rotatable bonds is 1. The smallest absolute Gasteiger partial charge is 0.134 e. The standard InChI is InChI=1S/C12H9F2O/c13-8-5-6-9(11(14)7-8)10-3-1-2-4-12(10)15/h1,3-7,15H,2H2. The number of halogens is 2. The molecule has 0 saturated heterocycles. The number of allylic oxidation sites excluding steroid dienone is 4. The molecular weight excluding hydrogens is 198 g/mol. The second-order valence-electron chi connectivity index (χ2n) is 3.27. The van der Waals surface area contributed by atoms with Crippen molar-refractivity contribution in [2.75, 3.05) is 0 Å². The summed E-state index contributed by atoms with van der Waals surface area (Å²) in [6.45, 7) is 0. The molecule has 0 unspecified atom stereocenters. The second kappa shape index (κ2) is 3.85. The van der Waals surface area contributed by atoms with E-state index >= 15 is 0 Å². The summed E-state index contributed by atoms with van der Waals surface area (Å²) < 4.78 is 26.0. The molecule has 1 radical (unpaired) electrons. The van der Waals surface area contributed by atoms with Gasteiger partial charge in [-0.15, -0.1) is 0 Å². The third kappa shape index (κ3) is 1.91. The first kappa shape index (κ1) is 9.90. The van der Waals surface area contributed by atoms with E-state index in [1.165, 1.54) is 12.1 Å². The van der Waals surface area contributed by atoms with Crippen LogP contribution in [0.4, 0.5) is 8.78 Å². The highest BCUT2D eigenvalue weighted by Crippen LogP contribution is 2.27. The van der Waals surface area contributed by atoms with Gasteiger partial charge in [0.2, 0.25) is 0 Å². The van der Waals surface area contributed by atoms with Crippen molar-refractivity contribution in [1.82, 2.24) is 0 Å². The van der Waals surface area contributed by atoms with Crippen LogP contribution in [0, 0.1) is 18.1 Å². The van der Waals surface area contributed by atoms with Gasteiger partial charge in [0.1, 0.15) is 17.4 Å². The topological polar surface area (TPSA) is 20.2 Å². The molecule has 0 aliphatic heterocycles. The molecule has 15 heavy (non-hydrogen) atoms. The molecule has 1 aromatic rings. The minimum absolute atomic E-state index is 0.0306. The molecule has 1 aliphatic carbocycles. The van der Waals surface area contributed by atoms with Gasteiger partial charge in [0, 0.05) is 23.6 Å². The summed E-state index contributed by atoms with van der Waals surface area (Å²) >= 11 is 0. The zero-order chi connectivity index (χ0) is 10.8. The van der Waals surface area contributed by atoms with Crippen LogP contribution >= 0.6 is 0 Å². The van der Waals surface area contributed by atoms with Crippen LogP contribution in [0.2, 0.25) is 0 Å². The van der Waals surface area contributed by atoms with Crippen molar-refractivity contribution in [3.05, 3.63) is 59.7 Å².